The van der Waals surface area contributed by atoms with E-state index in [0.717, 1.165) is 38.0 Å². The van der Waals surface area contributed by atoms with Crippen LogP contribution < -0.4 is 5.32 Å². The van der Waals surface area contributed by atoms with Crippen molar-refractivity contribution in [1.82, 2.24) is 10.2 Å². The molecule has 0 radical (unpaired) electrons. The number of nitrogens with one attached hydrogen (secondary N) is 1. The Hall–Kier alpha value is -1.55. The number of likely N-dealkylation sites (tertiary alicyclic amines) is 1. The van der Waals surface area contributed by atoms with Crippen molar-refractivity contribution in [3.8, 4) is 0 Å². The van der Waals surface area contributed by atoms with Gasteiger partial charge in [0, 0.05) is 19.6 Å². The number of hydrogen-bond acceptors (Lipinski definition) is 3. The third kappa shape index (κ3) is 1.97. The molecule has 3 rings (SSSR count). The van der Waals surface area contributed by atoms with Crippen LogP contribution in [-0.4, -0.2) is 36.2 Å². The van der Waals surface area contributed by atoms with Crippen LogP contribution in [0.25, 0.3) is 0 Å². The molecule has 4 heteroatoms. The lowest BCUT2D eigenvalue weighted by Crippen LogP contribution is -2.67. The second-order valence-electron chi connectivity index (χ2n) is 5.12. The van der Waals surface area contributed by atoms with Gasteiger partial charge in [0.1, 0.15) is 6.61 Å². The van der Waals surface area contributed by atoms with Gasteiger partial charge in [-0.25, -0.2) is 4.79 Å². The second kappa shape index (κ2) is 4.61. The Morgan fingerprint density at radius 3 is 2.78 bits per heavy atom. The van der Waals surface area contributed by atoms with Gasteiger partial charge >= 0.3 is 6.09 Å². The predicted octanol–water partition coefficient (Wildman–Crippen LogP) is 1.76. The minimum atomic E-state index is -0.169. The predicted molar refractivity (Wildman–Crippen MR) is 68.2 cm³/mol. The van der Waals surface area contributed by atoms with Gasteiger partial charge in [0.15, 0.2) is 0 Å². The van der Waals surface area contributed by atoms with Gasteiger partial charge in [0.2, 0.25) is 0 Å². The van der Waals surface area contributed by atoms with Crippen molar-refractivity contribution >= 4 is 6.09 Å². The summed E-state index contributed by atoms with van der Waals surface area (Å²) in [5.41, 5.74) is 1.08. The molecule has 4 nitrogen and oxygen atoms in total. The third-order valence-electron chi connectivity index (χ3n) is 3.93. The average molecular weight is 246 g/mol. The van der Waals surface area contributed by atoms with E-state index in [-0.39, 0.29) is 11.6 Å². The van der Waals surface area contributed by atoms with E-state index in [1.165, 1.54) is 0 Å². The van der Waals surface area contributed by atoms with E-state index in [1.807, 2.05) is 35.2 Å². The average Bonchev–Trinajstić information content (AvgIpc) is 2.82. The molecule has 0 unspecified atom stereocenters. The highest BCUT2D eigenvalue weighted by atomic mass is 16.6. The Morgan fingerprint density at radius 2 is 2.11 bits per heavy atom. The first kappa shape index (κ1) is 11.5. The molecule has 0 aromatic heterocycles. The zero-order valence-corrected chi connectivity index (χ0v) is 10.4. The van der Waals surface area contributed by atoms with Gasteiger partial charge in [-0.2, -0.15) is 0 Å². The topological polar surface area (TPSA) is 41.6 Å². The molecule has 96 valence electrons. The number of benzene rings is 1. The van der Waals surface area contributed by atoms with Crippen LogP contribution >= 0.6 is 0 Å². The summed E-state index contributed by atoms with van der Waals surface area (Å²) in [7, 11) is 0. The number of ether oxygens (including phenoxy) is 1. The van der Waals surface area contributed by atoms with E-state index in [1.54, 1.807) is 0 Å². The number of carbonyl (C=O) groups is 1. The van der Waals surface area contributed by atoms with Crippen LogP contribution in [0, 0.1) is 0 Å². The molecule has 1 amide bonds. The lowest BCUT2D eigenvalue weighted by atomic mass is 9.90. The molecule has 0 saturated carbocycles. The Morgan fingerprint density at radius 1 is 1.33 bits per heavy atom. The van der Waals surface area contributed by atoms with Crippen molar-refractivity contribution in [3.63, 3.8) is 0 Å². The summed E-state index contributed by atoms with van der Waals surface area (Å²) >= 11 is 0. The smallest absolute Gasteiger partial charge is 0.410 e. The fraction of sp³-hybridized carbons (Fsp3) is 0.500. The maximum absolute atomic E-state index is 12.1. The molecule has 0 bridgehead atoms. The molecule has 2 aliphatic heterocycles. The zero-order valence-electron chi connectivity index (χ0n) is 10.4. The summed E-state index contributed by atoms with van der Waals surface area (Å²) in [6.45, 7) is 3.01. The largest absolute Gasteiger partial charge is 0.445 e. The zero-order chi connectivity index (χ0) is 12.4. The van der Waals surface area contributed by atoms with E-state index < -0.39 is 0 Å². The fourth-order valence-electron chi connectivity index (χ4n) is 2.80. The molecular formula is C14H18N2O2. The lowest BCUT2D eigenvalue weighted by molar-refractivity contribution is 0.0429. The molecule has 1 aromatic carbocycles. The molecule has 18 heavy (non-hydrogen) atoms. The summed E-state index contributed by atoms with van der Waals surface area (Å²) in [6.07, 6.45) is 2.01. The van der Waals surface area contributed by atoms with Crippen LogP contribution in [0.15, 0.2) is 30.3 Å². The van der Waals surface area contributed by atoms with Gasteiger partial charge in [-0.3, -0.25) is 4.90 Å². The van der Waals surface area contributed by atoms with Crippen LogP contribution in [0.3, 0.4) is 0 Å². The van der Waals surface area contributed by atoms with Crippen molar-refractivity contribution in [2.45, 2.75) is 25.0 Å². The Balaban J connectivity index is 1.58. The third-order valence-corrected chi connectivity index (χ3v) is 3.93. The standard InChI is InChI=1S/C14H18N2O2/c17-13(18-9-12-5-2-1-3-6-12)16-8-4-7-14(16)10-15-11-14/h1-3,5-6,15H,4,7-11H2. The van der Waals surface area contributed by atoms with Crippen LogP contribution in [0.2, 0.25) is 0 Å². The summed E-state index contributed by atoms with van der Waals surface area (Å²) in [6, 6.07) is 9.81. The Labute approximate surface area is 107 Å². The van der Waals surface area contributed by atoms with Crippen molar-refractivity contribution in [2.75, 3.05) is 19.6 Å². The number of amides is 1. The maximum Gasteiger partial charge on any atom is 0.410 e. The van der Waals surface area contributed by atoms with Crippen molar-refractivity contribution in [1.29, 1.82) is 0 Å². The normalized spacial score (nSPS) is 20.8. The van der Waals surface area contributed by atoms with Gasteiger partial charge in [0.25, 0.3) is 0 Å². The van der Waals surface area contributed by atoms with Gasteiger partial charge in [-0.15, -0.1) is 0 Å². The SMILES string of the molecule is O=C(OCc1ccccc1)N1CCCC12CNC2. The summed E-state index contributed by atoms with van der Waals surface area (Å²) in [5, 5.41) is 3.25. The van der Waals surface area contributed by atoms with Gasteiger partial charge in [-0.05, 0) is 18.4 Å². The van der Waals surface area contributed by atoms with Gasteiger partial charge in [0.05, 0.1) is 5.54 Å². The maximum atomic E-state index is 12.1. The Kier molecular flexibility index (Phi) is 2.96. The minimum Gasteiger partial charge on any atom is -0.445 e. The van der Waals surface area contributed by atoms with Gasteiger partial charge < -0.3 is 10.1 Å². The summed E-state index contributed by atoms with van der Waals surface area (Å²) in [4.78, 5) is 14.0. The highest BCUT2D eigenvalue weighted by Gasteiger charge is 2.48. The quantitative estimate of drug-likeness (QED) is 0.864. The summed E-state index contributed by atoms with van der Waals surface area (Å²) in [5.74, 6) is 0. The van der Waals surface area contributed by atoms with Crippen molar-refractivity contribution < 1.29 is 9.53 Å². The molecule has 0 atom stereocenters. The molecule has 2 aliphatic rings. The number of nitrogens with zero attached hydrogens (tertiary/aromatic N) is 1. The number of carbonyl (C=O) groups excluding carboxylic acids is 1. The van der Waals surface area contributed by atoms with E-state index in [2.05, 4.69) is 5.32 Å². The molecule has 0 aliphatic carbocycles. The molecular weight excluding hydrogens is 228 g/mol. The summed E-state index contributed by atoms with van der Waals surface area (Å²) < 4.78 is 5.40. The van der Waals surface area contributed by atoms with E-state index in [9.17, 15) is 4.79 Å². The van der Waals surface area contributed by atoms with Gasteiger partial charge in [-0.1, -0.05) is 30.3 Å². The van der Waals surface area contributed by atoms with E-state index in [4.69, 9.17) is 4.74 Å². The highest BCUT2D eigenvalue weighted by Crippen LogP contribution is 2.33. The first-order valence-corrected chi connectivity index (χ1v) is 6.49. The molecule has 1 N–H and O–H groups in total. The molecule has 1 spiro atoms. The Bertz CT molecular complexity index is 429. The first-order chi connectivity index (χ1) is 8.80. The molecule has 2 heterocycles. The first-order valence-electron chi connectivity index (χ1n) is 6.49. The number of rotatable bonds is 2. The second-order valence-corrected chi connectivity index (χ2v) is 5.12. The number of hydrogen-bond donors (Lipinski definition) is 1. The van der Waals surface area contributed by atoms with Crippen LogP contribution in [0.4, 0.5) is 4.79 Å². The van der Waals surface area contributed by atoms with Crippen LogP contribution in [-0.2, 0) is 11.3 Å². The van der Waals surface area contributed by atoms with Crippen molar-refractivity contribution in [3.05, 3.63) is 35.9 Å². The van der Waals surface area contributed by atoms with Crippen LogP contribution in [0.5, 0.6) is 0 Å². The van der Waals surface area contributed by atoms with E-state index in [0.29, 0.717) is 6.61 Å². The highest BCUT2D eigenvalue weighted by molar-refractivity contribution is 5.69. The lowest BCUT2D eigenvalue weighted by Gasteiger charge is -2.45. The van der Waals surface area contributed by atoms with Crippen molar-refractivity contribution in [2.24, 2.45) is 0 Å². The van der Waals surface area contributed by atoms with Crippen LogP contribution in [0.1, 0.15) is 18.4 Å². The van der Waals surface area contributed by atoms with E-state index >= 15 is 0 Å². The molecule has 1 aromatic rings. The molecule has 2 saturated heterocycles. The minimum absolute atomic E-state index is 0.0494. The monoisotopic (exact) mass is 246 g/mol. The fourth-order valence-corrected chi connectivity index (χ4v) is 2.80. The molecule has 2 fully saturated rings.